The summed E-state index contributed by atoms with van der Waals surface area (Å²) in [7, 11) is 0. The molecule has 2 N–H and O–H groups in total. The van der Waals surface area contributed by atoms with E-state index in [1.54, 1.807) is 0 Å². The summed E-state index contributed by atoms with van der Waals surface area (Å²) >= 11 is 0. The van der Waals surface area contributed by atoms with Crippen LogP contribution < -0.4 is 5.32 Å². The number of carbonyl (C=O) groups is 2. The number of hydrogen-bond acceptors (Lipinski definition) is 3. The van der Waals surface area contributed by atoms with Crippen molar-refractivity contribution in [2.45, 2.75) is 52.5 Å². The Morgan fingerprint density at radius 1 is 1.37 bits per heavy atom. The van der Waals surface area contributed by atoms with Crippen LogP contribution >= 0.6 is 0 Å². The van der Waals surface area contributed by atoms with E-state index in [0.717, 1.165) is 19.5 Å². The van der Waals surface area contributed by atoms with E-state index in [1.807, 2.05) is 13.8 Å². The molecular weight excluding hydrogens is 244 g/mol. The molecule has 1 atom stereocenters. The van der Waals surface area contributed by atoms with Crippen molar-refractivity contribution in [1.82, 2.24) is 10.2 Å². The number of amides is 1. The summed E-state index contributed by atoms with van der Waals surface area (Å²) in [5.41, 5.74) is -0.490. The third-order valence-electron chi connectivity index (χ3n) is 3.71. The molecule has 1 aliphatic rings. The monoisotopic (exact) mass is 270 g/mol. The van der Waals surface area contributed by atoms with E-state index in [1.165, 1.54) is 6.42 Å². The van der Waals surface area contributed by atoms with Crippen LogP contribution in [0.15, 0.2) is 0 Å². The van der Waals surface area contributed by atoms with E-state index >= 15 is 0 Å². The van der Waals surface area contributed by atoms with Crippen molar-refractivity contribution in [3.8, 4) is 0 Å². The van der Waals surface area contributed by atoms with E-state index in [0.29, 0.717) is 12.6 Å². The topological polar surface area (TPSA) is 69.6 Å². The molecule has 5 heteroatoms. The third kappa shape index (κ3) is 5.59. The highest BCUT2D eigenvalue weighted by molar-refractivity contribution is 5.77. The highest BCUT2D eigenvalue weighted by Gasteiger charge is 2.27. The molecular formula is C14H26N2O3. The summed E-state index contributed by atoms with van der Waals surface area (Å²) < 4.78 is 0. The first-order valence-electron chi connectivity index (χ1n) is 7.06. The Bertz CT molecular complexity index is 329. The van der Waals surface area contributed by atoms with Crippen LogP contribution in [0.3, 0.4) is 0 Å². The van der Waals surface area contributed by atoms with Crippen molar-refractivity contribution in [3.05, 3.63) is 0 Å². The summed E-state index contributed by atoms with van der Waals surface area (Å²) in [5.74, 6) is -0.903. The number of aliphatic carboxylic acids is 1. The van der Waals surface area contributed by atoms with Gasteiger partial charge in [-0.2, -0.15) is 0 Å². The van der Waals surface area contributed by atoms with Gasteiger partial charge in [-0.3, -0.25) is 14.5 Å². The number of carboxylic acids is 1. The van der Waals surface area contributed by atoms with Crippen LogP contribution in [-0.4, -0.2) is 47.6 Å². The van der Waals surface area contributed by atoms with Gasteiger partial charge in [0, 0.05) is 19.0 Å². The van der Waals surface area contributed by atoms with E-state index in [9.17, 15) is 9.59 Å². The fourth-order valence-corrected chi connectivity index (χ4v) is 2.74. The van der Waals surface area contributed by atoms with Gasteiger partial charge in [0.2, 0.25) is 5.91 Å². The van der Waals surface area contributed by atoms with Crippen LogP contribution in [0, 0.1) is 5.41 Å². The van der Waals surface area contributed by atoms with E-state index in [2.05, 4.69) is 17.1 Å². The van der Waals surface area contributed by atoms with Crippen LogP contribution in [0.25, 0.3) is 0 Å². The van der Waals surface area contributed by atoms with Crippen molar-refractivity contribution >= 4 is 11.9 Å². The number of nitrogens with zero attached hydrogens (tertiary/aromatic N) is 1. The van der Waals surface area contributed by atoms with Gasteiger partial charge in [-0.05, 0) is 31.3 Å². The molecule has 0 radical (unpaired) electrons. The Kier molecular flexibility index (Phi) is 5.79. The Balaban J connectivity index is 2.33. The lowest BCUT2D eigenvalue weighted by atomic mass is 9.85. The number of hydrogen-bond donors (Lipinski definition) is 2. The smallest absolute Gasteiger partial charge is 0.303 e. The molecule has 0 aromatic heterocycles. The molecule has 0 aromatic carbocycles. The number of rotatable bonds is 7. The second-order valence-corrected chi connectivity index (χ2v) is 6.14. The van der Waals surface area contributed by atoms with Gasteiger partial charge in [0.05, 0.1) is 6.42 Å². The third-order valence-corrected chi connectivity index (χ3v) is 3.71. The van der Waals surface area contributed by atoms with Gasteiger partial charge in [0.15, 0.2) is 0 Å². The quantitative estimate of drug-likeness (QED) is 0.735. The lowest BCUT2D eigenvalue weighted by Crippen LogP contribution is -2.41. The molecule has 5 nitrogen and oxygen atoms in total. The summed E-state index contributed by atoms with van der Waals surface area (Å²) in [5, 5.41) is 11.7. The summed E-state index contributed by atoms with van der Waals surface area (Å²) in [6.45, 7) is 8.57. The number of nitrogens with one attached hydrogen (secondary N) is 1. The molecule has 1 rings (SSSR count). The van der Waals surface area contributed by atoms with Crippen LogP contribution in [0.4, 0.5) is 0 Å². The number of carbonyl (C=O) groups excluding carboxylic acids is 1. The molecule has 0 bridgehead atoms. The van der Waals surface area contributed by atoms with Crippen molar-refractivity contribution in [3.63, 3.8) is 0 Å². The van der Waals surface area contributed by atoms with Crippen molar-refractivity contribution in [1.29, 1.82) is 0 Å². The number of likely N-dealkylation sites (N-methyl/N-ethyl adjacent to an activating group) is 1. The SMILES string of the molecule is CCN1CCCC1CNC(=O)CC(C)(C)CC(=O)O. The van der Waals surface area contributed by atoms with E-state index < -0.39 is 11.4 Å². The minimum absolute atomic E-state index is 0.0188. The highest BCUT2D eigenvalue weighted by atomic mass is 16.4. The Labute approximate surface area is 115 Å². The van der Waals surface area contributed by atoms with Crippen molar-refractivity contribution < 1.29 is 14.7 Å². The molecule has 1 aliphatic heterocycles. The minimum Gasteiger partial charge on any atom is -0.481 e. The second-order valence-electron chi connectivity index (χ2n) is 6.14. The summed E-state index contributed by atoms with van der Waals surface area (Å²) in [6, 6.07) is 0.441. The molecule has 1 amide bonds. The molecule has 0 aromatic rings. The van der Waals surface area contributed by atoms with Gasteiger partial charge in [-0.25, -0.2) is 0 Å². The Morgan fingerprint density at radius 2 is 2.05 bits per heavy atom. The largest absolute Gasteiger partial charge is 0.481 e. The van der Waals surface area contributed by atoms with Crippen molar-refractivity contribution in [2.24, 2.45) is 5.41 Å². The predicted octanol–water partition coefficient (Wildman–Crippen LogP) is 1.48. The zero-order valence-electron chi connectivity index (χ0n) is 12.2. The summed E-state index contributed by atoms with van der Waals surface area (Å²) in [4.78, 5) is 25.0. The zero-order valence-corrected chi connectivity index (χ0v) is 12.2. The molecule has 0 aliphatic carbocycles. The average Bonchev–Trinajstić information content (AvgIpc) is 2.70. The number of carboxylic acid groups (broad SMARTS) is 1. The average molecular weight is 270 g/mol. The fourth-order valence-electron chi connectivity index (χ4n) is 2.74. The first kappa shape index (κ1) is 16.0. The van der Waals surface area contributed by atoms with Gasteiger partial charge < -0.3 is 10.4 Å². The lowest BCUT2D eigenvalue weighted by molar-refractivity contribution is -0.139. The van der Waals surface area contributed by atoms with Gasteiger partial charge in [0.25, 0.3) is 0 Å². The van der Waals surface area contributed by atoms with Crippen LogP contribution in [-0.2, 0) is 9.59 Å². The maximum absolute atomic E-state index is 11.9. The Hall–Kier alpha value is -1.10. The highest BCUT2D eigenvalue weighted by Crippen LogP contribution is 2.24. The molecule has 0 saturated carbocycles. The predicted molar refractivity (Wildman–Crippen MR) is 73.9 cm³/mol. The first-order chi connectivity index (χ1) is 8.84. The molecule has 1 saturated heterocycles. The van der Waals surface area contributed by atoms with Crippen LogP contribution in [0.2, 0.25) is 0 Å². The molecule has 19 heavy (non-hydrogen) atoms. The molecule has 110 valence electrons. The first-order valence-corrected chi connectivity index (χ1v) is 7.06. The van der Waals surface area contributed by atoms with Gasteiger partial charge in [0.1, 0.15) is 0 Å². The van der Waals surface area contributed by atoms with Gasteiger partial charge in [-0.15, -0.1) is 0 Å². The van der Waals surface area contributed by atoms with E-state index in [-0.39, 0.29) is 18.7 Å². The number of likely N-dealkylation sites (tertiary alicyclic amines) is 1. The Morgan fingerprint density at radius 3 is 2.63 bits per heavy atom. The van der Waals surface area contributed by atoms with E-state index in [4.69, 9.17) is 5.11 Å². The lowest BCUT2D eigenvalue weighted by Gasteiger charge is -2.25. The summed E-state index contributed by atoms with van der Waals surface area (Å²) in [6.07, 6.45) is 2.61. The van der Waals surface area contributed by atoms with Gasteiger partial charge in [-0.1, -0.05) is 20.8 Å². The molecule has 1 fully saturated rings. The standard InChI is InChI=1S/C14H26N2O3/c1-4-16-7-5-6-11(16)10-15-12(17)8-14(2,3)9-13(18)19/h11H,4-10H2,1-3H3,(H,15,17)(H,18,19). The fraction of sp³-hybridized carbons (Fsp3) is 0.857. The molecule has 1 heterocycles. The zero-order chi connectivity index (χ0) is 14.5. The maximum atomic E-state index is 11.9. The second kappa shape index (κ2) is 6.89. The molecule has 1 unspecified atom stereocenters. The molecule has 0 spiro atoms. The van der Waals surface area contributed by atoms with Crippen LogP contribution in [0.5, 0.6) is 0 Å². The van der Waals surface area contributed by atoms with Crippen LogP contribution in [0.1, 0.15) is 46.5 Å². The normalized spacial score (nSPS) is 20.5. The van der Waals surface area contributed by atoms with Crippen molar-refractivity contribution in [2.75, 3.05) is 19.6 Å². The maximum Gasteiger partial charge on any atom is 0.303 e. The van der Waals surface area contributed by atoms with Gasteiger partial charge >= 0.3 is 5.97 Å². The minimum atomic E-state index is -0.856.